The Morgan fingerprint density at radius 2 is 1.67 bits per heavy atom. The lowest BCUT2D eigenvalue weighted by atomic mass is 10.0. The van der Waals surface area contributed by atoms with Crippen LogP contribution in [0.2, 0.25) is 0 Å². The third-order valence-electron chi connectivity index (χ3n) is 4.30. The van der Waals surface area contributed by atoms with Crippen molar-refractivity contribution in [1.29, 1.82) is 0 Å². The van der Waals surface area contributed by atoms with Gasteiger partial charge in [-0.05, 0) is 56.2 Å². The van der Waals surface area contributed by atoms with Gasteiger partial charge in [0.1, 0.15) is 5.82 Å². The number of hydrogen-bond donors (Lipinski definition) is 0. The fraction of sp³-hybridized carbons (Fsp3) is 0.190. The summed E-state index contributed by atoms with van der Waals surface area (Å²) in [5.74, 6) is -0.124. The first kappa shape index (κ1) is 16.2. The molecule has 0 fully saturated rings. The van der Waals surface area contributed by atoms with Crippen LogP contribution in [0.1, 0.15) is 33.7 Å². The fourth-order valence-corrected chi connectivity index (χ4v) is 3.07. The first-order valence-electron chi connectivity index (χ1n) is 8.08. The molecule has 3 heteroatoms. The number of aromatic nitrogens is 1. The van der Waals surface area contributed by atoms with Crippen LogP contribution in [0.25, 0.3) is 5.69 Å². The molecular weight excluding hydrogens is 301 g/mol. The summed E-state index contributed by atoms with van der Waals surface area (Å²) in [5.41, 5.74) is 4.65. The van der Waals surface area contributed by atoms with Gasteiger partial charge in [-0.2, -0.15) is 0 Å². The molecule has 0 radical (unpaired) electrons. The number of halogens is 1. The summed E-state index contributed by atoms with van der Waals surface area (Å²) >= 11 is 0. The number of hydrogen-bond acceptors (Lipinski definition) is 1. The lowest BCUT2D eigenvalue weighted by Gasteiger charge is -2.10. The number of ketones is 1. The van der Waals surface area contributed by atoms with Crippen LogP contribution < -0.4 is 0 Å². The minimum atomic E-state index is -0.264. The van der Waals surface area contributed by atoms with Crippen molar-refractivity contribution in [2.45, 2.75) is 26.7 Å². The smallest absolute Gasteiger partial charge is 0.165 e. The van der Waals surface area contributed by atoms with Crippen molar-refractivity contribution in [1.82, 2.24) is 4.57 Å². The Morgan fingerprint density at radius 3 is 2.33 bits per heavy atom. The summed E-state index contributed by atoms with van der Waals surface area (Å²) in [6.07, 6.45) is 1.22. The normalized spacial score (nSPS) is 10.8. The van der Waals surface area contributed by atoms with E-state index < -0.39 is 0 Å². The van der Waals surface area contributed by atoms with E-state index in [9.17, 15) is 9.18 Å². The molecule has 0 atom stereocenters. The average Bonchev–Trinajstić information content (AvgIpc) is 2.89. The van der Waals surface area contributed by atoms with E-state index >= 15 is 0 Å². The zero-order valence-electron chi connectivity index (χ0n) is 13.9. The molecule has 0 aliphatic carbocycles. The lowest BCUT2D eigenvalue weighted by molar-refractivity contribution is 0.0982. The van der Waals surface area contributed by atoms with E-state index in [1.165, 1.54) is 12.1 Å². The molecule has 0 spiro atoms. The predicted molar refractivity (Wildman–Crippen MR) is 94.3 cm³/mol. The minimum absolute atomic E-state index is 0.139. The molecule has 0 amide bonds. The van der Waals surface area contributed by atoms with Crippen LogP contribution in [0.3, 0.4) is 0 Å². The van der Waals surface area contributed by atoms with Gasteiger partial charge in [0.25, 0.3) is 0 Å². The van der Waals surface area contributed by atoms with E-state index in [2.05, 4.69) is 0 Å². The summed E-state index contributed by atoms with van der Waals surface area (Å²) in [7, 11) is 0. The van der Waals surface area contributed by atoms with E-state index in [4.69, 9.17) is 0 Å². The highest BCUT2D eigenvalue weighted by Crippen LogP contribution is 2.22. The lowest BCUT2D eigenvalue weighted by Crippen LogP contribution is -2.04. The third kappa shape index (κ3) is 3.30. The largest absolute Gasteiger partial charge is 0.318 e. The van der Waals surface area contributed by atoms with Gasteiger partial charge in [0.2, 0.25) is 0 Å². The van der Waals surface area contributed by atoms with Crippen LogP contribution in [0, 0.1) is 19.7 Å². The van der Waals surface area contributed by atoms with E-state index in [0.29, 0.717) is 6.42 Å². The third-order valence-corrected chi connectivity index (χ3v) is 4.30. The van der Waals surface area contributed by atoms with Gasteiger partial charge in [0, 0.05) is 29.1 Å². The van der Waals surface area contributed by atoms with Crippen molar-refractivity contribution in [3.63, 3.8) is 0 Å². The van der Waals surface area contributed by atoms with Crippen molar-refractivity contribution in [2.75, 3.05) is 0 Å². The minimum Gasteiger partial charge on any atom is -0.318 e. The second kappa shape index (κ2) is 6.83. The van der Waals surface area contributed by atoms with Crippen LogP contribution >= 0.6 is 0 Å². The van der Waals surface area contributed by atoms with Crippen LogP contribution in [0.5, 0.6) is 0 Å². The van der Waals surface area contributed by atoms with Gasteiger partial charge in [0.15, 0.2) is 5.78 Å². The monoisotopic (exact) mass is 321 g/mol. The molecule has 0 unspecified atom stereocenters. The Bertz CT molecular complexity index is 848. The van der Waals surface area contributed by atoms with Gasteiger partial charge in [-0.1, -0.05) is 30.3 Å². The maximum absolute atomic E-state index is 13.1. The van der Waals surface area contributed by atoms with E-state index in [1.807, 2.05) is 54.8 Å². The molecule has 0 bridgehead atoms. The molecule has 3 rings (SSSR count). The van der Waals surface area contributed by atoms with Gasteiger partial charge in [-0.25, -0.2) is 4.39 Å². The molecule has 0 aliphatic rings. The number of carbonyl (C=O) groups excluding carboxylic acids is 1. The Morgan fingerprint density at radius 1 is 1.00 bits per heavy atom. The maximum atomic E-state index is 13.1. The Balaban J connectivity index is 1.83. The molecule has 122 valence electrons. The van der Waals surface area contributed by atoms with Crippen molar-refractivity contribution in [2.24, 2.45) is 0 Å². The van der Waals surface area contributed by atoms with E-state index in [1.54, 1.807) is 12.1 Å². The summed E-state index contributed by atoms with van der Waals surface area (Å²) in [6.45, 7) is 3.90. The number of Topliss-reactive ketones (excluding diaryl/α,β-unsaturated/α-hetero) is 1. The number of nitrogens with zero attached hydrogens (tertiary/aromatic N) is 1. The van der Waals surface area contributed by atoms with Crippen LogP contribution in [-0.4, -0.2) is 10.4 Å². The van der Waals surface area contributed by atoms with E-state index in [-0.39, 0.29) is 11.6 Å². The van der Waals surface area contributed by atoms with Gasteiger partial charge >= 0.3 is 0 Å². The zero-order chi connectivity index (χ0) is 17.1. The number of carbonyl (C=O) groups is 1. The first-order chi connectivity index (χ1) is 11.6. The number of benzene rings is 2. The molecular formula is C21H20FNO. The number of aryl methyl sites for hydroxylation is 2. The van der Waals surface area contributed by atoms with Gasteiger partial charge in [-0.15, -0.1) is 0 Å². The highest BCUT2D eigenvalue weighted by Gasteiger charge is 2.16. The van der Waals surface area contributed by atoms with Crippen LogP contribution in [0.15, 0.2) is 60.7 Å². The molecule has 2 nitrogen and oxygen atoms in total. The molecule has 2 aromatic carbocycles. The standard InChI is InChI=1S/C21H20FNO/c1-15-14-20(21(24)13-8-17-6-4-3-5-7-17)16(2)23(15)19-11-9-18(22)10-12-19/h3-7,9-12,14H,8,13H2,1-2H3. The predicted octanol–water partition coefficient (Wildman–Crippen LogP) is 5.05. The van der Waals surface area contributed by atoms with Gasteiger partial charge < -0.3 is 4.57 Å². The topological polar surface area (TPSA) is 22.0 Å². The molecule has 3 aromatic rings. The zero-order valence-corrected chi connectivity index (χ0v) is 13.9. The van der Waals surface area contributed by atoms with Crippen LogP contribution in [-0.2, 0) is 6.42 Å². The summed E-state index contributed by atoms with van der Waals surface area (Å²) in [6, 6.07) is 18.3. The molecule has 1 aromatic heterocycles. The maximum Gasteiger partial charge on any atom is 0.165 e. The van der Waals surface area contributed by atoms with Crippen LogP contribution in [0.4, 0.5) is 4.39 Å². The van der Waals surface area contributed by atoms with Gasteiger partial charge in [-0.3, -0.25) is 4.79 Å². The van der Waals surface area contributed by atoms with Crippen molar-refractivity contribution < 1.29 is 9.18 Å². The molecule has 1 heterocycles. The summed E-state index contributed by atoms with van der Waals surface area (Å²) in [4.78, 5) is 12.6. The second-order valence-electron chi connectivity index (χ2n) is 6.01. The fourth-order valence-electron chi connectivity index (χ4n) is 3.07. The Kier molecular flexibility index (Phi) is 4.61. The average molecular weight is 321 g/mol. The SMILES string of the molecule is Cc1cc(C(=O)CCc2ccccc2)c(C)n1-c1ccc(F)cc1. The summed E-state index contributed by atoms with van der Waals surface area (Å²) in [5, 5.41) is 0. The molecule has 0 N–H and O–H groups in total. The Labute approximate surface area is 141 Å². The molecule has 0 saturated heterocycles. The Hall–Kier alpha value is -2.68. The van der Waals surface area contributed by atoms with Gasteiger partial charge in [0.05, 0.1) is 0 Å². The number of rotatable bonds is 5. The summed E-state index contributed by atoms with van der Waals surface area (Å²) < 4.78 is 15.1. The molecule has 24 heavy (non-hydrogen) atoms. The highest BCUT2D eigenvalue weighted by molar-refractivity contribution is 5.97. The molecule has 0 saturated carbocycles. The van der Waals surface area contributed by atoms with Crippen molar-refractivity contribution in [3.05, 3.63) is 89.0 Å². The van der Waals surface area contributed by atoms with E-state index in [0.717, 1.165) is 34.6 Å². The van der Waals surface area contributed by atoms with Crippen molar-refractivity contribution in [3.8, 4) is 5.69 Å². The van der Waals surface area contributed by atoms with Crippen molar-refractivity contribution >= 4 is 5.78 Å². The quantitative estimate of drug-likeness (QED) is 0.603. The first-order valence-corrected chi connectivity index (χ1v) is 8.08. The second-order valence-corrected chi connectivity index (χ2v) is 6.01. The highest BCUT2D eigenvalue weighted by atomic mass is 19.1. The molecule has 0 aliphatic heterocycles.